The van der Waals surface area contributed by atoms with Gasteiger partial charge in [0.05, 0.1) is 0 Å². The van der Waals surface area contributed by atoms with Crippen LogP contribution in [0.2, 0.25) is 0 Å². The summed E-state index contributed by atoms with van der Waals surface area (Å²) in [5.74, 6) is -0.869. The third-order valence-corrected chi connectivity index (χ3v) is 2.27. The van der Waals surface area contributed by atoms with E-state index in [-0.39, 0.29) is 25.5 Å². The molecular weight excluding hydrogens is 266 g/mol. The number of aromatic nitrogens is 2. The fourth-order valence-corrected chi connectivity index (χ4v) is 1.36. The molecule has 1 rings (SSSR count). The molecule has 8 nitrogen and oxygen atoms in total. The van der Waals surface area contributed by atoms with Crippen molar-refractivity contribution in [3.63, 3.8) is 0 Å². The zero-order chi connectivity index (χ0) is 15.0. The van der Waals surface area contributed by atoms with Gasteiger partial charge >= 0.3 is 5.97 Å². The van der Waals surface area contributed by atoms with E-state index >= 15 is 0 Å². The lowest BCUT2D eigenvalue weighted by Gasteiger charge is -2.12. The molecule has 0 aliphatic carbocycles. The van der Waals surface area contributed by atoms with Gasteiger partial charge in [0.1, 0.15) is 19.3 Å². The minimum atomic E-state index is -1.09. The van der Waals surface area contributed by atoms with E-state index in [1.165, 1.54) is 0 Å². The molecule has 0 radical (unpaired) electrons. The van der Waals surface area contributed by atoms with Gasteiger partial charge in [-0.15, -0.1) is 0 Å². The van der Waals surface area contributed by atoms with Gasteiger partial charge in [-0.2, -0.15) is 4.98 Å². The first kappa shape index (κ1) is 15.8. The van der Waals surface area contributed by atoms with Crippen LogP contribution in [0.25, 0.3) is 0 Å². The molecule has 1 unspecified atom stereocenters. The van der Waals surface area contributed by atoms with E-state index < -0.39 is 17.9 Å². The Kier molecular flexibility index (Phi) is 6.38. The van der Waals surface area contributed by atoms with Crippen LogP contribution < -0.4 is 5.32 Å². The average Bonchev–Trinajstić information content (AvgIpc) is 2.80. The number of rotatable bonds is 8. The number of hydrogen-bond acceptors (Lipinski definition) is 6. The Morgan fingerprint density at radius 3 is 2.85 bits per heavy atom. The summed E-state index contributed by atoms with van der Waals surface area (Å²) in [7, 11) is 0. The molecule has 0 aliphatic heterocycles. The smallest absolute Gasteiger partial charge is 0.326 e. The number of aryl methyl sites for hydroxylation is 1. The van der Waals surface area contributed by atoms with Gasteiger partial charge in [0.15, 0.2) is 5.82 Å². The van der Waals surface area contributed by atoms with Crippen LogP contribution in [0.5, 0.6) is 0 Å². The van der Waals surface area contributed by atoms with E-state index in [0.29, 0.717) is 5.82 Å². The summed E-state index contributed by atoms with van der Waals surface area (Å²) in [4.78, 5) is 26.3. The van der Waals surface area contributed by atoms with E-state index in [9.17, 15) is 9.59 Å². The molecule has 1 aromatic rings. The molecule has 1 atom stereocenters. The third-order valence-electron chi connectivity index (χ3n) is 2.27. The lowest BCUT2D eigenvalue weighted by atomic mass is 10.2. The van der Waals surface area contributed by atoms with Gasteiger partial charge in [-0.25, -0.2) is 4.79 Å². The van der Waals surface area contributed by atoms with Crippen molar-refractivity contribution in [3.05, 3.63) is 23.9 Å². The first-order chi connectivity index (χ1) is 9.52. The predicted molar refractivity (Wildman–Crippen MR) is 67.7 cm³/mol. The van der Waals surface area contributed by atoms with Crippen molar-refractivity contribution in [3.8, 4) is 0 Å². The molecule has 1 amide bonds. The predicted octanol–water partition coefficient (Wildman–Crippen LogP) is 0.430. The van der Waals surface area contributed by atoms with Crippen LogP contribution in [-0.4, -0.2) is 39.8 Å². The van der Waals surface area contributed by atoms with Crippen LogP contribution in [0.4, 0.5) is 0 Å². The number of ether oxygens (including phenoxy) is 1. The van der Waals surface area contributed by atoms with E-state index in [0.717, 1.165) is 0 Å². The first-order valence-corrected chi connectivity index (χ1v) is 6.03. The number of carbonyl (C=O) groups is 2. The maximum Gasteiger partial charge on any atom is 0.326 e. The molecule has 1 heterocycles. The number of carboxylic acids is 1. The lowest BCUT2D eigenvalue weighted by molar-refractivity contribution is -0.142. The Balaban J connectivity index is 2.32. The van der Waals surface area contributed by atoms with Crippen LogP contribution >= 0.6 is 0 Å². The number of amides is 1. The van der Waals surface area contributed by atoms with Crippen molar-refractivity contribution in [2.45, 2.75) is 32.9 Å². The van der Waals surface area contributed by atoms with Crippen LogP contribution in [-0.2, 0) is 20.9 Å². The van der Waals surface area contributed by atoms with Crippen molar-refractivity contribution >= 4 is 11.9 Å². The summed E-state index contributed by atoms with van der Waals surface area (Å²) >= 11 is 0. The Bertz CT molecular complexity index is 483. The SMILES string of the molecule is C/C=C/CC(NC(=O)COCc1nc(C)no1)C(=O)O. The van der Waals surface area contributed by atoms with Gasteiger partial charge in [0.25, 0.3) is 5.89 Å². The molecule has 110 valence electrons. The van der Waals surface area contributed by atoms with Gasteiger partial charge in [-0.05, 0) is 20.3 Å². The van der Waals surface area contributed by atoms with E-state index in [1.807, 2.05) is 0 Å². The highest BCUT2D eigenvalue weighted by atomic mass is 16.5. The summed E-state index contributed by atoms with van der Waals surface area (Å²) < 4.78 is 9.86. The van der Waals surface area contributed by atoms with Gasteiger partial charge in [0, 0.05) is 0 Å². The number of allylic oxidation sites excluding steroid dienone is 1. The van der Waals surface area contributed by atoms with Crippen LogP contribution in [0.1, 0.15) is 25.1 Å². The number of carbonyl (C=O) groups excluding carboxylic acids is 1. The topological polar surface area (TPSA) is 115 Å². The standard InChI is InChI=1S/C12H17N3O5/c1-3-4-5-9(12(17)18)14-10(16)6-19-7-11-13-8(2)15-20-11/h3-4,9H,5-7H2,1-2H3,(H,14,16)(H,17,18)/b4-3+. The van der Waals surface area contributed by atoms with Crippen molar-refractivity contribution in [2.24, 2.45) is 0 Å². The molecule has 0 saturated heterocycles. The molecule has 2 N–H and O–H groups in total. The monoisotopic (exact) mass is 283 g/mol. The summed E-state index contributed by atoms with van der Waals surface area (Å²) in [6.45, 7) is 3.16. The van der Waals surface area contributed by atoms with Crippen molar-refractivity contribution in [1.82, 2.24) is 15.5 Å². The van der Waals surface area contributed by atoms with Crippen molar-refractivity contribution < 1.29 is 24.0 Å². The third kappa shape index (κ3) is 5.61. The fraction of sp³-hybridized carbons (Fsp3) is 0.500. The Labute approximate surface area is 115 Å². The molecule has 20 heavy (non-hydrogen) atoms. The second-order valence-corrected chi connectivity index (χ2v) is 3.99. The molecule has 1 aromatic heterocycles. The van der Waals surface area contributed by atoms with Crippen molar-refractivity contribution in [2.75, 3.05) is 6.61 Å². The normalized spacial score (nSPS) is 12.5. The van der Waals surface area contributed by atoms with E-state index in [2.05, 4.69) is 15.5 Å². The summed E-state index contributed by atoms with van der Waals surface area (Å²) in [5, 5.41) is 14.9. The minimum Gasteiger partial charge on any atom is -0.480 e. The molecule has 8 heteroatoms. The maximum absolute atomic E-state index is 11.5. The maximum atomic E-state index is 11.5. The minimum absolute atomic E-state index is 0.000854. The summed E-state index contributed by atoms with van der Waals surface area (Å²) in [5.41, 5.74) is 0. The van der Waals surface area contributed by atoms with Crippen LogP contribution in [0.3, 0.4) is 0 Å². The highest BCUT2D eigenvalue weighted by molar-refractivity contribution is 5.84. The second kappa shape index (κ2) is 8.05. The van der Waals surface area contributed by atoms with Gasteiger partial charge in [0.2, 0.25) is 5.91 Å². The van der Waals surface area contributed by atoms with Crippen LogP contribution in [0.15, 0.2) is 16.7 Å². The number of aliphatic carboxylic acids is 1. The molecule has 0 aromatic carbocycles. The zero-order valence-electron chi connectivity index (χ0n) is 11.3. The lowest BCUT2D eigenvalue weighted by Crippen LogP contribution is -2.42. The Hall–Kier alpha value is -2.22. The molecule has 0 saturated carbocycles. The average molecular weight is 283 g/mol. The van der Waals surface area contributed by atoms with Crippen LogP contribution in [0, 0.1) is 6.92 Å². The molecular formula is C12H17N3O5. The Morgan fingerprint density at radius 1 is 1.55 bits per heavy atom. The largest absolute Gasteiger partial charge is 0.480 e. The first-order valence-electron chi connectivity index (χ1n) is 6.03. The van der Waals surface area contributed by atoms with Gasteiger partial charge in [-0.3, -0.25) is 4.79 Å². The molecule has 0 spiro atoms. The van der Waals surface area contributed by atoms with Gasteiger partial charge < -0.3 is 19.7 Å². The number of nitrogens with one attached hydrogen (secondary N) is 1. The Morgan fingerprint density at radius 2 is 2.30 bits per heavy atom. The number of carboxylic acid groups (broad SMARTS) is 1. The van der Waals surface area contributed by atoms with E-state index in [1.54, 1.807) is 26.0 Å². The fourth-order valence-electron chi connectivity index (χ4n) is 1.36. The highest BCUT2D eigenvalue weighted by Gasteiger charge is 2.18. The summed E-state index contributed by atoms with van der Waals surface area (Å²) in [6.07, 6.45) is 3.61. The highest BCUT2D eigenvalue weighted by Crippen LogP contribution is 1.98. The summed E-state index contributed by atoms with van der Waals surface area (Å²) in [6, 6.07) is -0.965. The van der Waals surface area contributed by atoms with Gasteiger partial charge in [-0.1, -0.05) is 17.3 Å². The number of hydrogen-bond donors (Lipinski definition) is 2. The molecule has 0 bridgehead atoms. The molecule has 0 aliphatic rings. The van der Waals surface area contributed by atoms with Crippen molar-refractivity contribution in [1.29, 1.82) is 0 Å². The number of nitrogens with zero attached hydrogens (tertiary/aromatic N) is 2. The quantitative estimate of drug-likeness (QED) is 0.665. The molecule has 0 fully saturated rings. The second-order valence-electron chi connectivity index (χ2n) is 3.99. The van der Waals surface area contributed by atoms with E-state index in [4.69, 9.17) is 14.4 Å². The zero-order valence-corrected chi connectivity index (χ0v) is 11.3.